The molecule has 1 fully saturated rings. The minimum absolute atomic E-state index is 0.142. The van der Waals surface area contributed by atoms with Gasteiger partial charge in [0.2, 0.25) is 0 Å². The second kappa shape index (κ2) is 4.56. The third-order valence-electron chi connectivity index (χ3n) is 3.59. The summed E-state index contributed by atoms with van der Waals surface area (Å²) in [7, 11) is 0. The van der Waals surface area contributed by atoms with E-state index in [4.69, 9.17) is 0 Å². The molecule has 1 unspecified atom stereocenters. The number of nitrogens with zero attached hydrogens (tertiary/aromatic N) is 1. The second-order valence-corrected chi connectivity index (χ2v) is 4.89. The number of Topliss-reactive ketones (excluding diaryl/α,β-unsaturated/α-hetero) is 2. The van der Waals surface area contributed by atoms with Crippen LogP contribution in [0.25, 0.3) is 10.9 Å². The van der Waals surface area contributed by atoms with Gasteiger partial charge in [-0.05, 0) is 18.6 Å². The molecule has 0 amide bonds. The van der Waals surface area contributed by atoms with Crippen molar-refractivity contribution in [1.82, 2.24) is 9.55 Å². The molecule has 0 bridgehead atoms. The van der Waals surface area contributed by atoms with Crippen LogP contribution in [0, 0.1) is 0 Å². The van der Waals surface area contributed by atoms with Crippen LogP contribution in [-0.2, 0) is 9.59 Å². The average molecular weight is 272 g/mol. The van der Waals surface area contributed by atoms with E-state index in [2.05, 4.69) is 4.98 Å². The highest BCUT2D eigenvalue weighted by atomic mass is 16.2. The van der Waals surface area contributed by atoms with Gasteiger partial charge in [0.15, 0.2) is 5.78 Å². The van der Waals surface area contributed by atoms with E-state index in [1.165, 1.54) is 0 Å². The van der Waals surface area contributed by atoms with Gasteiger partial charge in [0.25, 0.3) is 5.56 Å². The number of para-hydroxylation sites is 1. The predicted octanol–water partition coefficient (Wildman–Crippen LogP) is 0.553. The monoisotopic (exact) mass is 272 g/mol. The fourth-order valence-corrected chi connectivity index (χ4v) is 2.59. The first kappa shape index (κ1) is 12.5. The summed E-state index contributed by atoms with van der Waals surface area (Å²) >= 11 is 0. The Hall–Kier alpha value is -2.50. The fraction of sp³-hybridized carbons (Fsp3) is 0.286. The summed E-state index contributed by atoms with van der Waals surface area (Å²) in [5.41, 5.74) is -0.656. The molecule has 102 valence electrons. The molecule has 3 rings (SSSR count). The Morgan fingerprint density at radius 2 is 1.85 bits per heavy atom. The van der Waals surface area contributed by atoms with Gasteiger partial charge in [0.05, 0.1) is 17.3 Å². The topological polar surface area (TPSA) is 89.0 Å². The van der Waals surface area contributed by atoms with Gasteiger partial charge in [0.1, 0.15) is 11.8 Å². The summed E-state index contributed by atoms with van der Waals surface area (Å²) in [4.78, 5) is 50.2. The highest BCUT2D eigenvalue weighted by Gasteiger charge is 2.30. The Morgan fingerprint density at radius 3 is 2.60 bits per heavy atom. The molecule has 2 aromatic rings. The molecule has 6 nitrogen and oxygen atoms in total. The van der Waals surface area contributed by atoms with Crippen LogP contribution in [0.15, 0.2) is 33.9 Å². The van der Waals surface area contributed by atoms with Crippen molar-refractivity contribution >= 4 is 22.5 Å². The van der Waals surface area contributed by atoms with E-state index in [0.29, 0.717) is 10.9 Å². The Bertz CT molecular complexity index is 831. The number of aromatic nitrogens is 2. The van der Waals surface area contributed by atoms with Gasteiger partial charge in [-0.3, -0.25) is 14.4 Å². The zero-order valence-electron chi connectivity index (χ0n) is 10.6. The molecule has 6 heteroatoms. The highest BCUT2D eigenvalue weighted by molar-refractivity contribution is 6.03. The lowest BCUT2D eigenvalue weighted by Crippen LogP contribution is -2.43. The number of H-pyrrole nitrogens is 1. The van der Waals surface area contributed by atoms with Crippen LogP contribution in [0.3, 0.4) is 0 Å². The van der Waals surface area contributed by atoms with Crippen molar-refractivity contribution in [3.63, 3.8) is 0 Å². The quantitative estimate of drug-likeness (QED) is 0.768. The van der Waals surface area contributed by atoms with Gasteiger partial charge >= 0.3 is 5.69 Å². The smallest absolute Gasteiger partial charge is 0.307 e. The maximum absolute atomic E-state index is 12.4. The maximum atomic E-state index is 12.4. The van der Waals surface area contributed by atoms with Crippen LogP contribution in [-0.4, -0.2) is 21.1 Å². The van der Waals surface area contributed by atoms with Crippen molar-refractivity contribution in [2.45, 2.75) is 25.3 Å². The summed E-state index contributed by atoms with van der Waals surface area (Å²) in [6.07, 6.45) is 0.220. The number of carbonyl (C=O) groups excluding carboxylic acids is 2. The second-order valence-electron chi connectivity index (χ2n) is 4.89. The molecule has 20 heavy (non-hydrogen) atoms. The molecule has 1 aromatic heterocycles. The summed E-state index contributed by atoms with van der Waals surface area (Å²) in [6, 6.07) is 5.80. The molecule has 0 radical (unpaired) electrons. The van der Waals surface area contributed by atoms with Crippen molar-refractivity contribution in [1.29, 1.82) is 0 Å². The van der Waals surface area contributed by atoms with Crippen molar-refractivity contribution in [2.75, 3.05) is 0 Å². The summed E-state index contributed by atoms with van der Waals surface area (Å²) in [5.74, 6) is -0.513. The molecule has 1 atom stereocenters. The number of rotatable bonds is 1. The number of carbonyl (C=O) groups is 2. The average Bonchev–Trinajstić information content (AvgIpc) is 2.41. The summed E-state index contributed by atoms with van der Waals surface area (Å²) < 4.78 is 0.942. The Kier molecular flexibility index (Phi) is 2.85. The van der Waals surface area contributed by atoms with Crippen molar-refractivity contribution in [3.8, 4) is 0 Å². The first-order valence-electron chi connectivity index (χ1n) is 6.36. The van der Waals surface area contributed by atoms with Gasteiger partial charge < -0.3 is 4.98 Å². The number of hydrogen-bond donors (Lipinski definition) is 1. The first-order chi connectivity index (χ1) is 9.58. The minimum Gasteiger partial charge on any atom is -0.307 e. The van der Waals surface area contributed by atoms with Crippen LogP contribution < -0.4 is 11.2 Å². The zero-order chi connectivity index (χ0) is 14.3. The number of aromatic amines is 1. The van der Waals surface area contributed by atoms with Crippen molar-refractivity contribution in [2.24, 2.45) is 0 Å². The van der Waals surface area contributed by atoms with Gasteiger partial charge in [-0.15, -0.1) is 0 Å². The molecular formula is C14H12N2O4. The van der Waals surface area contributed by atoms with E-state index in [1.54, 1.807) is 24.3 Å². The van der Waals surface area contributed by atoms with Crippen LogP contribution in [0.5, 0.6) is 0 Å². The SMILES string of the molecule is O=C1CCC(n2c(=O)[nH]c3ccccc3c2=O)C(=O)C1. The van der Waals surface area contributed by atoms with Crippen molar-refractivity contribution < 1.29 is 9.59 Å². The summed E-state index contributed by atoms with van der Waals surface area (Å²) in [5, 5.41) is 0.358. The number of hydrogen-bond acceptors (Lipinski definition) is 4. The molecule has 1 aromatic carbocycles. The van der Waals surface area contributed by atoms with Crippen LogP contribution in [0.1, 0.15) is 25.3 Å². The summed E-state index contributed by atoms with van der Waals surface area (Å²) in [6.45, 7) is 0. The lowest BCUT2D eigenvalue weighted by Gasteiger charge is -2.21. The van der Waals surface area contributed by atoms with Crippen molar-refractivity contribution in [3.05, 3.63) is 45.1 Å². The van der Waals surface area contributed by atoms with Gasteiger partial charge in [-0.25, -0.2) is 9.36 Å². The fourth-order valence-electron chi connectivity index (χ4n) is 2.59. The molecule has 1 aliphatic rings. The molecule has 0 aliphatic heterocycles. The first-order valence-corrected chi connectivity index (χ1v) is 6.36. The lowest BCUT2D eigenvalue weighted by atomic mass is 9.93. The van der Waals surface area contributed by atoms with Gasteiger partial charge in [-0.1, -0.05) is 12.1 Å². The van der Waals surface area contributed by atoms with E-state index in [-0.39, 0.29) is 30.8 Å². The molecule has 0 saturated heterocycles. The molecular weight excluding hydrogens is 260 g/mol. The van der Waals surface area contributed by atoms with E-state index >= 15 is 0 Å². The van der Waals surface area contributed by atoms with E-state index in [0.717, 1.165) is 4.57 Å². The van der Waals surface area contributed by atoms with E-state index in [1.807, 2.05) is 0 Å². The minimum atomic E-state index is -0.839. The predicted molar refractivity (Wildman–Crippen MR) is 71.7 cm³/mol. The molecule has 1 N–H and O–H groups in total. The number of nitrogens with one attached hydrogen (secondary N) is 1. The Morgan fingerprint density at radius 1 is 1.10 bits per heavy atom. The largest absolute Gasteiger partial charge is 0.329 e. The third kappa shape index (κ3) is 1.89. The van der Waals surface area contributed by atoms with E-state index < -0.39 is 17.3 Å². The highest BCUT2D eigenvalue weighted by Crippen LogP contribution is 2.21. The van der Waals surface area contributed by atoms with Crippen LogP contribution >= 0.6 is 0 Å². The van der Waals surface area contributed by atoms with Crippen LogP contribution in [0.4, 0.5) is 0 Å². The standard InChI is InChI=1S/C14H12N2O4/c17-8-5-6-11(12(18)7-8)16-13(19)9-3-1-2-4-10(9)15-14(16)20/h1-4,11H,5-7H2,(H,15,20). The van der Waals surface area contributed by atoms with Gasteiger partial charge in [0, 0.05) is 6.42 Å². The molecule has 1 aliphatic carbocycles. The third-order valence-corrected chi connectivity index (χ3v) is 3.59. The van der Waals surface area contributed by atoms with Crippen LogP contribution in [0.2, 0.25) is 0 Å². The number of ketones is 2. The lowest BCUT2D eigenvalue weighted by molar-refractivity contribution is -0.132. The normalized spacial score (nSPS) is 19.5. The molecule has 0 spiro atoms. The van der Waals surface area contributed by atoms with Gasteiger partial charge in [-0.2, -0.15) is 0 Å². The maximum Gasteiger partial charge on any atom is 0.329 e. The molecule has 1 heterocycles. The number of benzene rings is 1. The Balaban J connectivity index is 2.22. The zero-order valence-corrected chi connectivity index (χ0v) is 10.6. The molecule has 1 saturated carbocycles. The Labute approximate surface area is 113 Å². The number of fused-ring (bicyclic) bond motifs is 1. The van der Waals surface area contributed by atoms with E-state index in [9.17, 15) is 19.2 Å².